The molecule has 2 aliphatic rings. The number of carbonyl (C=O) groups excluding carboxylic acids is 2. The van der Waals surface area contributed by atoms with E-state index in [4.69, 9.17) is 21.4 Å². The first-order valence-electron chi connectivity index (χ1n) is 10.2. The number of ether oxygens (including phenoxy) is 1. The van der Waals surface area contributed by atoms with E-state index in [1.165, 1.54) is 0 Å². The number of methoxy groups -OCH3 is 1. The smallest absolute Gasteiger partial charge is 0.230 e. The number of halogens is 1. The molecule has 1 N–H and O–H groups in total. The van der Waals surface area contributed by atoms with E-state index in [0.29, 0.717) is 17.4 Å². The second-order valence-corrected chi connectivity index (χ2v) is 9.17. The van der Waals surface area contributed by atoms with Crippen molar-refractivity contribution in [2.75, 3.05) is 23.9 Å². The zero-order valence-electron chi connectivity index (χ0n) is 17.4. The second-order valence-electron chi connectivity index (χ2n) is 7.75. The van der Waals surface area contributed by atoms with Gasteiger partial charge in [-0.1, -0.05) is 17.7 Å². The number of thioether (sulfide) groups is 1. The molecule has 0 spiro atoms. The lowest BCUT2D eigenvalue weighted by atomic mass is 10.1. The average molecular weight is 469 g/mol. The van der Waals surface area contributed by atoms with Crippen LogP contribution in [0.1, 0.15) is 17.7 Å². The predicted octanol–water partition coefficient (Wildman–Crippen LogP) is 4.27. The minimum Gasteiger partial charge on any atom is -0.497 e. The van der Waals surface area contributed by atoms with Gasteiger partial charge in [-0.3, -0.25) is 9.59 Å². The van der Waals surface area contributed by atoms with Crippen LogP contribution in [0.2, 0.25) is 5.02 Å². The number of nitrogens with zero attached hydrogens (tertiary/aromatic N) is 3. The van der Waals surface area contributed by atoms with Gasteiger partial charge in [0.2, 0.25) is 11.8 Å². The van der Waals surface area contributed by atoms with Crippen LogP contribution in [0.3, 0.4) is 0 Å². The van der Waals surface area contributed by atoms with Crippen LogP contribution in [0.4, 0.5) is 11.5 Å². The molecule has 1 atom stereocenters. The number of benzene rings is 2. The van der Waals surface area contributed by atoms with E-state index in [-0.39, 0.29) is 18.2 Å². The average Bonchev–Trinajstić information content (AvgIpc) is 3.50. The van der Waals surface area contributed by atoms with E-state index >= 15 is 0 Å². The summed E-state index contributed by atoms with van der Waals surface area (Å²) in [5.41, 5.74) is 3.54. The number of aromatic nitrogens is 2. The molecule has 1 fully saturated rings. The molecule has 1 saturated heterocycles. The second kappa shape index (κ2) is 8.52. The van der Waals surface area contributed by atoms with Crippen molar-refractivity contribution >= 4 is 46.7 Å². The summed E-state index contributed by atoms with van der Waals surface area (Å²) in [4.78, 5) is 27.5. The Kier molecular flexibility index (Phi) is 5.57. The van der Waals surface area contributed by atoms with Gasteiger partial charge >= 0.3 is 0 Å². The number of hydrogen-bond donors (Lipinski definition) is 1. The van der Waals surface area contributed by atoms with Gasteiger partial charge in [0.05, 0.1) is 24.4 Å². The van der Waals surface area contributed by atoms with Gasteiger partial charge in [0.15, 0.2) is 0 Å². The van der Waals surface area contributed by atoms with Crippen LogP contribution >= 0.6 is 23.4 Å². The molecule has 3 aromatic rings. The fraction of sp³-hybridized carbons (Fsp3) is 0.261. The fourth-order valence-corrected chi connectivity index (χ4v) is 5.27. The Morgan fingerprint density at radius 2 is 2.00 bits per heavy atom. The van der Waals surface area contributed by atoms with Crippen LogP contribution in [0.5, 0.6) is 5.75 Å². The van der Waals surface area contributed by atoms with Gasteiger partial charge in [0.25, 0.3) is 0 Å². The topological polar surface area (TPSA) is 76.5 Å². The maximum atomic E-state index is 13.2. The summed E-state index contributed by atoms with van der Waals surface area (Å²) in [5, 5.41) is 8.38. The zero-order chi connectivity index (χ0) is 22.2. The SMILES string of the molecule is COc1ccc(N2CC(C(=O)Nc3c4c(nn3-c3cccc(Cl)c3)CSC4)CC2=O)cc1. The lowest BCUT2D eigenvalue weighted by Gasteiger charge is -2.17. The molecule has 164 valence electrons. The minimum atomic E-state index is -0.447. The number of fused-ring (bicyclic) bond motifs is 1. The Morgan fingerprint density at radius 1 is 1.19 bits per heavy atom. The van der Waals surface area contributed by atoms with Crippen molar-refractivity contribution in [3.8, 4) is 11.4 Å². The third kappa shape index (κ3) is 3.84. The van der Waals surface area contributed by atoms with Gasteiger partial charge in [0.1, 0.15) is 11.6 Å². The molecule has 0 saturated carbocycles. The lowest BCUT2D eigenvalue weighted by molar-refractivity contribution is -0.122. The molecule has 1 unspecified atom stereocenters. The highest BCUT2D eigenvalue weighted by Crippen LogP contribution is 2.37. The van der Waals surface area contributed by atoms with Crippen LogP contribution in [0, 0.1) is 5.92 Å². The number of carbonyl (C=O) groups is 2. The lowest BCUT2D eigenvalue weighted by Crippen LogP contribution is -2.28. The van der Waals surface area contributed by atoms with E-state index in [1.807, 2.05) is 30.3 Å². The minimum absolute atomic E-state index is 0.0700. The van der Waals surface area contributed by atoms with E-state index in [2.05, 4.69) is 5.32 Å². The maximum Gasteiger partial charge on any atom is 0.230 e. The Balaban J connectivity index is 1.38. The summed E-state index contributed by atoms with van der Waals surface area (Å²) in [6.45, 7) is 0.333. The summed E-state index contributed by atoms with van der Waals surface area (Å²) >= 11 is 7.94. The highest BCUT2D eigenvalue weighted by Gasteiger charge is 2.36. The Labute approximate surface area is 194 Å². The summed E-state index contributed by atoms with van der Waals surface area (Å²) < 4.78 is 6.92. The van der Waals surface area contributed by atoms with Gasteiger partial charge in [-0.15, -0.1) is 0 Å². The molecule has 0 bridgehead atoms. The van der Waals surface area contributed by atoms with Crippen molar-refractivity contribution < 1.29 is 14.3 Å². The van der Waals surface area contributed by atoms with Crippen molar-refractivity contribution in [3.05, 3.63) is 64.8 Å². The Morgan fingerprint density at radius 3 is 2.75 bits per heavy atom. The van der Waals surface area contributed by atoms with Crippen LogP contribution < -0.4 is 15.0 Å². The van der Waals surface area contributed by atoms with Crippen molar-refractivity contribution in [3.63, 3.8) is 0 Å². The summed E-state index contributed by atoms with van der Waals surface area (Å²) in [6.07, 6.45) is 0.167. The molecule has 0 radical (unpaired) electrons. The number of nitrogens with one attached hydrogen (secondary N) is 1. The summed E-state index contributed by atoms with van der Waals surface area (Å²) in [5.74, 6) is 2.27. The summed E-state index contributed by atoms with van der Waals surface area (Å²) in [6, 6.07) is 14.6. The Hall–Kier alpha value is -2.97. The Bertz CT molecular complexity index is 1190. The van der Waals surface area contributed by atoms with Crippen molar-refractivity contribution in [1.82, 2.24) is 9.78 Å². The molecule has 2 aliphatic heterocycles. The monoisotopic (exact) mass is 468 g/mol. The molecular weight excluding hydrogens is 448 g/mol. The summed E-state index contributed by atoms with van der Waals surface area (Å²) in [7, 11) is 1.60. The first-order valence-corrected chi connectivity index (χ1v) is 11.8. The highest BCUT2D eigenvalue weighted by atomic mass is 35.5. The molecule has 7 nitrogen and oxygen atoms in total. The number of amides is 2. The maximum absolute atomic E-state index is 13.2. The van der Waals surface area contributed by atoms with Gasteiger partial charge in [0, 0.05) is 40.7 Å². The molecule has 1 aromatic heterocycles. The van der Waals surface area contributed by atoms with Gasteiger partial charge in [-0.25, -0.2) is 4.68 Å². The third-order valence-electron chi connectivity index (χ3n) is 5.73. The van der Waals surface area contributed by atoms with Crippen molar-refractivity contribution in [1.29, 1.82) is 0 Å². The molecule has 2 amide bonds. The van der Waals surface area contributed by atoms with Crippen LogP contribution in [0.25, 0.3) is 5.69 Å². The molecule has 32 heavy (non-hydrogen) atoms. The first kappa shape index (κ1) is 20.9. The van der Waals surface area contributed by atoms with Crippen molar-refractivity contribution in [2.24, 2.45) is 5.92 Å². The number of anilines is 2. The third-order valence-corrected chi connectivity index (χ3v) is 6.93. The number of rotatable bonds is 5. The molecule has 5 rings (SSSR count). The zero-order valence-corrected chi connectivity index (χ0v) is 18.9. The van der Waals surface area contributed by atoms with Gasteiger partial charge in [-0.2, -0.15) is 16.9 Å². The molecule has 9 heteroatoms. The van der Waals surface area contributed by atoms with Crippen LogP contribution in [0.15, 0.2) is 48.5 Å². The van der Waals surface area contributed by atoms with Crippen LogP contribution in [-0.4, -0.2) is 35.2 Å². The molecule has 2 aromatic carbocycles. The molecule has 3 heterocycles. The molecule has 0 aliphatic carbocycles. The van der Waals surface area contributed by atoms with E-state index in [1.54, 1.807) is 46.7 Å². The number of hydrogen-bond acceptors (Lipinski definition) is 5. The fourth-order valence-electron chi connectivity index (χ4n) is 4.05. The largest absolute Gasteiger partial charge is 0.497 e. The highest BCUT2D eigenvalue weighted by molar-refractivity contribution is 7.98. The van der Waals surface area contributed by atoms with Crippen LogP contribution in [-0.2, 0) is 21.1 Å². The predicted molar refractivity (Wildman–Crippen MR) is 126 cm³/mol. The molecular formula is C23H21ClN4O3S. The standard InChI is InChI=1S/C23H21ClN4O3S/c1-31-18-7-5-16(6-8-18)27-11-14(9-21(27)29)23(30)25-22-19-12-32-13-20(19)26-28(22)17-4-2-3-15(24)10-17/h2-8,10,14H,9,11-13H2,1H3,(H,25,30). The van der Waals surface area contributed by atoms with E-state index in [9.17, 15) is 9.59 Å². The normalized spacial score (nSPS) is 17.5. The van der Waals surface area contributed by atoms with Gasteiger partial charge < -0.3 is 15.0 Å². The van der Waals surface area contributed by atoms with E-state index < -0.39 is 5.92 Å². The van der Waals surface area contributed by atoms with E-state index in [0.717, 1.165) is 39.9 Å². The quantitative estimate of drug-likeness (QED) is 0.605. The van der Waals surface area contributed by atoms with Crippen molar-refractivity contribution in [2.45, 2.75) is 17.9 Å². The first-order chi connectivity index (χ1) is 15.5. The van der Waals surface area contributed by atoms with Gasteiger partial charge in [-0.05, 0) is 42.5 Å².